The summed E-state index contributed by atoms with van der Waals surface area (Å²) in [6, 6.07) is 5.46. The number of anilines is 1. The van der Waals surface area contributed by atoms with Crippen molar-refractivity contribution < 1.29 is 29.0 Å². The Balaban J connectivity index is 1.59. The molecule has 1 fully saturated rings. The third-order valence-corrected chi connectivity index (χ3v) is 6.19. The normalized spacial score (nSPS) is 22.2. The van der Waals surface area contributed by atoms with E-state index in [9.17, 15) is 24.3 Å². The maximum Gasteiger partial charge on any atom is 0.352 e. The highest BCUT2D eigenvalue weighted by molar-refractivity contribution is 8.00. The number of amides is 2. The maximum absolute atomic E-state index is 12.4. The van der Waals surface area contributed by atoms with E-state index in [0.29, 0.717) is 5.69 Å². The molecule has 0 aliphatic carbocycles. The molecule has 3 N–H and O–H groups in total. The van der Waals surface area contributed by atoms with Crippen molar-refractivity contribution in [2.45, 2.75) is 27.4 Å². The number of carbonyl (C=O) groups excluding carboxylic acids is 3. The van der Waals surface area contributed by atoms with Gasteiger partial charge in [0.25, 0.3) is 5.91 Å². The van der Waals surface area contributed by atoms with Crippen LogP contribution in [0.1, 0.15) is 17.3 Å². The number of aliphatic carboxylic acids is 1. The van der Waals surface area contributed by atoms with Crippen molar-refractivity contribution in [1.82, 2.24) is 10.2 Å². The molecule has 0 aromatic heterocycles. The van der Waals surface area contributed by atoms with Crippen LogP contribution >= 0.6 is 46.6 Å². The largest absolute Gasteiger partial charge is 0.477 e. The molecule has 172 valence electrons. The minimum atomic E-state index is -1.76. The molecule has 2 unspecified atom stereocenters. The molecule has 0 radical (unpaired) electrons. The van der Waals surface area contributed by atoms with Gasteiger partial charge in [-0.05, 0) is 25.1 Å². The van der Waals surface area contributed by atoms with Crippen LogP contribution in [0.2, 0.25) is 0 Å². The first-order valence-corrected chi connectivity index (χ1v) is 11.4. The van der Waals surface area contributed by atoms with Crippen molar-refractivity contribution in [3.05, 3.63) is 41.6 Å². The zero-order valence-electron chi connectivity index (χ0n) is 16.5. The third kappa shape index (κ3) is 5.61. The lowest BCUT2D eigenvalue weighted by Gasteiger charge is -2.49. The smallest absolute Gasteiger partial charge is 0.352 e. The Morgan fingerprint density at radius 2 is 1.94 bits per heavy atom. The monoisotopic (exact) mass is 521 g/mol. The number of benzene rings is 1. The first-order chi connectivity index (χ1) is 15.0. The lowest BCUT2D eigenvalue weighted by atomic mass is 10.0. The van der Waals surface area contributed by atoms with Crippen LogP contribution in [0.5, 0.6) is 0 Å². The summed E-state index contributed by atoms with van der Waals surface area (Å²) in [5, 5.41) is 14.1. The highest BCUT2D eigenvalue weighted by Crippen LogP contribution is 2.40. The van der Waals surface area contributed by atoms with Crippen LogP contribution in [0.4, 0.5) is 5.69 Å². The van der Waals surface area contributed by atoms with Gasteiger partial charge >= 0.3 is 11.9 Å². The zero-order valence-corrected chi connectivity index (χ0v) is 19.6. The predicted molar refractivity (Wildman–Crippen MR) is 121 cm³/mol. The number of hydrogen-bond donors (Lipinski definition) is 3. The van der Waals surface area contributed by atoms with E-state index in [4.69, 9.17) is 39.5 Å². The van der Waals surface area contributed by atoms with Gasteiger partial charge in [-0.2, -0.15) is 0 Å². The van der Waals surface area contributed by atoms with E-state index in [1.807, 2.05) is 6.92 Å². The molecule has 0 bridgehead atoms. The van der Waals surface area contributed by atoms with Crippen molar-refractivity contribution in [2.24, 2.45) is 0 Å². The first kappa shape index (κ1) is 24.5. The number of nitrogens with zero attached hydrogens (tertiary/aromatic N) is 1. The second-order valence-electron chi connectivity index (χ2n) is 6.93. The van der Waals surface area contributed by atoms with Crippen LogP contribution in [-0.4, -0.2) is 67.4 Å². The number of β-lactam (4-membered cyclic amide) rings is 1. The van der Waals surface area contributed by atoms with E-state index in [1.165, 1.54) is 28.8 Å². The molecule has 0 spiro atoms. The van der Waals surface area contributed by atoms with Gasteiger partial charge in [0.1, 0.15) is 23.7 Å². The summed E-state index contributed by atoms with van der Waals surface area (Å²) in [6.45, 7) is 1.12. The Labute approximate surface area is 202 Å². The summed E-state index contributed by atoms with van der Waals surface area (Å²) >= 11 is 18.1. The molecular formula is C19H18Cl3N3O6S. The molecule has 1 saturated heterocycles. The number of para-hydroxylation sites is 1. The molecule has 9 nitrogen and oxygen atoms in total. The highest BCUT2D eigenvalue weighted by atomic mass is 35.6. The van der Waals surface area contributed by atoms with Crippen LogP contribution in [0, 0.1) is 0 Å². The fourth-order valence-corrected chi connectivity index (χ4v) is 4.66. The average Bonchev–Trinajstić information content (AvgIpc) is 2.73. The lowest BCUT2D eigenvalue weighted by molar-refractivity contribution is -0.150. The molecule has 0 saturated carbocycles. The fraction of sp³-hybridized carbons (Fsp3) is 0.368. The number of hydrogen-bond acceptors (Lipinski definition) is 7. The minimum absolute atomic E-state index is 0.0860. The third-order valence-electron chi connectivity index (χ3n) is 4.54. The number of alkyl halides is 3. The van der Waals surface area contributed by atoms with Gasteiger partial charge in [0.2, 0.25) is 9.70 Å². The topological polar surface area (TPSA) is 125 Å². The summed E-state index contributed by atoms with van der Waals surface area (Å²) in [4.78, 5) is 49.6. The number of ether oxygens (including phenoxy) is 1. The number of halogens is 3. The molecule has 2 amide bonds. The van der Waals surface area contributed by atoms with Crippen LogP contribution in [0.15, 0.2) is 36.0 Å². The molecule has 13 heteroatoms. The van der Waals surface area contributed by atoms with Crippen LogP contribution < -0.4 is 10.6 Å². The summed E-state index contributed by atoms with van der Waals surface area (Å²) < 4.78 is 3.20. The molecule has 3 rings (SSSR count). The number of carboxylic acid groups (broad SMARTS) is 1. The van der Waals surface area contributed by atoms with E-state index in [-0.39, 0.29) is 23.1 Å². The molecule has 3 atom stereocenters. The van der Waals surface area contributed by atoms with Gasteiger partial charge in [0, 0.05) is 10.9 Å². The second kappa shape index (κ2) is 9.78. The number of fused-ring (bicyclic) bond motifs is 1. The summed E-state index contributed by atoms with van der Waals surface area (Å²) in [5.74, 6) is -2.94. The molecule has 1 aromatic rings. The number of thioether (sulfide) groups is 1. The highest BCUT2D eigenvalue weighted by Gasteiger charge is 2.53. The number of esters is 1. The van der Waals surface area contributed by atoms with Crippen molar-refractivity contribution in [3.63, 3.8) is 0 Å². The quantitative estimate of drug-likeness (QED) is 0.283. The average molecular weight is 523 g/mol. The van der Waals surface area contributed by atoms with E-state index in [1.54, 1.807) is 18.2 Å². The number of carboxylic acids is 1. The second-order valence-corrected chi connectivity index (χ2v) is 10.9. The van der Waals surface area contributed by atoms with Gasteiger partial charge in [-0.3, -0.25) is 14.5 Å². The standard InChI is InChI=1S/C19H18Cl3N3O6S/c1-9-6-12(17(28)29)25-15(27)14(16(25)32-9)24-13(26)7-23-11-5-3-2-4-10(11)18(30)31-8-19(20,21)22/h2-6,9,14,16,23H,7-8H2,1H3,(H,24,26)(H,28,29)/t9?,14?,16-/m1/s1. The predicted octanol–water partition coefficient (Wildman–Crippen LogP) is 2.38. The van der Waals surface area contributed by atoms with Gasteiger partial charge in [0.05, 0.1) is 12.1 Å². The Morgan fingerprint density at radius 3 is 2.59 bits per heavy atom. The van der Waals surface area contributed by atoms with Gasteiger partial charge in [0.15, 0.2) is 0 Å². The molecular weight excluding hydrogens is 505 g/mol. The summed E-state index contributed by atoms with van der Waals surface area (Å²) in [7, 11) is 0. The molecule has 2 aliphatic rings. The van der Waals surface area contributed by atoms with Crippen molar-refractivity contribution in [3.8, 4) is 0 Å². The molecule has 2 heterocycles. The van der Waals surface area contributed by atoms with Crippen molar-refractivity contribution >= 4 is 76.0 Å². The van der Waals surface area contributed by atoms with Gasteiger partial charge < -0.3 is 20.5 Å². The van der Waals surface area contributed by atoms with Crippen molar-refractivity contribution in [1.29, 1.82) is 0 Å². The SMILES string of the molecule is CC1C=C(C(=O)O)N2C(=O)C(NC(=O)CNc3ccccc3C(=O)OCC(Cl)(Cl)Cl)[C@H]2S1. The molecule has 32 heavy (non-hydrogen) atoms. The number of rotatable bonds is 7. The minimum Gasteiger partial charge on any atom is -0.477 e. The van der Waals surface area contributed by atoms with E-state index >= 15 is 0 Å². The van der Waals surface area contributed by atoms with E-state index in [0.717, 1.165) is 0 Å². The fourth-order valence-electron chi connectivity index (χ4n) is 3.17. The summed E-state index contributed by atoms with van der Waals surface area (Å²) in [6.07, 6.45) is 1.50. The Bertz CT molecular complexity index is 983. The van der Waals surface area contributed by atoms with Crippen molar-refractivity contribution in [2.75, 3.05) is 18.5 Å². The molecule has 1 aromatic carbocycles. The van der Waals surface area contributed by atoms with E-state index in [2.05, 4.69) is 10.6 Å². The van der Waals surface area contributed by atoms with Crippen LogP contribution in [-0.2, 0) is 19.1 Å². The first-order valence-electron chi connectivity index (χ1n) is 9.27. The van der Waals surface area contributed by atoms with E-state index < -0.39 is 45.6 Å². The zero-order chi connectivity index (χ0) is 23.6. The maximum atomic E-state index is 12.4. The van der Waals surface area contributed by atoms with Gasteiger partial charge in [-0.25, -0.2) is 9.59 Å². The number of carbonyl (C=O) groups is 4. The van der Waals surface area contributed by atoms with Gasteiger partial charge in [-0.15, -0.1) is 11.8 Å². The van der Waals surface area contributed by atoms with Crippen LogP contribution in [0.25, 0.3) is 0 Å². The summed E-state index contributed by atoms with van der Waals surface area (Å²) in [5.41, 5.74) is 0.362. The Hall–Kier alpha value is -2.14. The van der Waals surface area contributed by atoms with Crippen LogP contribution in [0.3, 0.4) is 0 Å². The molecule has 2 aliphatic heterocycles. The van der Waals surface area contributed by atoms with Gasteiger partial charge in [-0.1, -0.05) is 46.9 Å². The Kier molecular flexibility index (Phi) is 7.49. The lowest BCUT2D eigenvalue weighted by Crippen LogP contribution is -2.70. The Morgan fingerprint density at radius 1 is 1.25 bits per heavy atom. The number of nitrogens with one attached hydrogen (secondary N) is 2.